The van der Waals surface area contributed by atoms with Gasteiger partial charge in [0.05, 0.1) is 16.4 Å². The zero-order valence-electron chi connectivity index (χ0n) is 18.5. The predicted octanol–water partition coefficient (Wildman–Crippen LogP) is 6.51. The molecule has 1 aliphatic rings. The molecule has 3 aromatic rings. The van der Waals surface area contributed by atoms with Crippen LogP contribution in [0.15, 0.2) is 60.2 Å². The van der Waals surface area contributed by atoms with Crippen molar-refractivity contribution in [2.24, 2.45) is 0 Å². The number of halogens is 4. The fourth-order valence-electron chi connectivity index (χ4n) is 3.43. The highest BCUT2D eigenvalue weighted by Crippen LogP contribution is 2.36. The Balaban J connectivity index is 1.64. The summed E-state index contributed by atoms with van der Waals surface area (Å²) in [6.45, 7) is 0.167. The standard InChI is InChI=1S/C25H16Cl3IN2O5/c1-35-21-9-13(8-20(29)22(21)36-12-14-5-6-16(27)11-19(14)28)7-18-23(32)30-25(34)31(24(18)33)17-4-2-3-15(26)10-17/h2-11H,12H2,1H3,(H,30,32,34)/b18-7+. The smallest absolute Gasteiger partial charge is 0.335 e. The van der Waals surface area contributed by atoms with E-state index in [0.29, 0.717) is 35.7 Å². The van der Waals surface area contributed by atoms with Gasteiger partial charge in [0.1, 0.15) is 12.2 Å². The number of anilines is 1. The lowest BCUT2D eigenvalue weighted by Crippen LogP contribution is -2.54. The number of rotatable bonds is 6. The van der Waals surface area contributed by atoms with Crippen LogP contribution in [0.25, 0.3) is 6.08 Å². The number of amides is 4. The number of hydrogen-bond acceptors (Lipinski definition) is 5. The van der Waals surface area contributed by atoms with Gasteiger partial charge < -0.3 is 9.47 Å². The zero-order valence-corrected chi connectivity index (χ0v) is 22.9. The largest absolute Gasteiger partial charge is 0.493 e. The number of hydrogen-bond donors (Lipinski definition) is 1. The Morgan fingerprint density at radius 2 is 1.75 bits per heavy atom. The molecular formula is C25H16Cl3IN2O5. The van der Waals surface area contributed by atoms with Crippen molar-refractivity contribution in [1.29, 1.82) is 0 Å². The number of nitrogens with zero attached hydrogens (tertiary/aromatic N) is 1. The lowest BCUT2D eigenvalue weighted by atomic mass is 10.1. The second kappa shape index (κ2) is 11.1. The fourth-order valence-corrected chi connectivity index (χ4v) is 4.85. The normalized spacial score (nSPS) is 14.8. The van der Waals surface area contributed by atoms with Crippen LogP contribution in [0.2, 0.25) is 15.1 Å². The number of carbonyl (C=O) groups is 3. The SMILES string of the molecule is COc1cc(/C=C2\C(=O)NC(=O)N(c3cccc(Cl)c3)C2=O)cc(I)c1OCc1ccc(Cl)cc1Cl. The van der Waals surface area contributed by atoms with Gasteiger partial charge in [-0.25, -0.2) is 9.69 Å². The highest BCUT2D eigenvalue weighted by Gasteiger charge is 2.37. The third kappa shape index (κ3) is 5.62. The van der Waals surface area contributed by atoms with Gasteiger partial charge in [0.15, 0.2) is 11.5 Å². The predicted molar refractivity (Wildman–Crippen MR) is 147 cm³/mol. The minimum Gasteiger partial charge on any atom is -0.493 e. The molecule has 3 aromatic carbocycles. The summed E-state index contributed by atoms with van der Waals surface area (Å²) in [5.41, 5.74) is 1.24. The molecule has 1 heterocycles. The summed E-state index contributed by atoms with van der Waals surface area (Å²) >= 11 is 20.3. The van der Waals surface area contributed by atoms with E-state index in [0.717, 1.165) is 10.5 Å². The molecule has 184 valence electrons. The van der Waals surface area contributed by atoms with Crippen LogP contribution in [0.1, 0.15) is 11.1 Å². The van der Waals surface area contributed by atoms with Crippen LogP contribution in [0.3, 0.4) is 0 Å². The number of ether oxygens (including phenoxy) is 2. The molecule has 0 unspecified atom stereocenters. The molecule has 1 N–H and O–H groups in total. The molecule has 1 saturated heterocycles. The Morgan fingerprint density at radius 1 is 1.00 bits per heavy atom. The molecule has 0 aliphatic carbocycles. The minimum atomic E-state index is -0.860. The first kappa shape index (κ1) is 26.3. The van der Waals surface area contributed by atoms with E-state index in [9.17, 15) is 14.4 Å². The quantitative estimate of drug-likeness (QED) is 0.186. The maximum atomic E-state index is 13.1. The molecule has 0 bridgehead atoms. The second-order valence-corrected chi connectivity index (χ2v) is 9.94. The van der Waals surface area contributed by atoms with Crippen LogP contribution in [-0.4, -0.2) is 25.0 Å². The topological polar surface area (TPSA) is 84.9 Å². The van der Waals surface area contributed by atoms with Gasteiger partial charge in [-0.05, 0) is 76.7 Å². The maximum Gasteiger partial charge on any atom is 0.335 e. The fraction of sp³-hybridized carbons (Fsp3) is 0.0800. The first-order valence-corrected chi connectivity index (χ1v) is 12.5. The van der Waals surface area contributed by atoms with Crippen LogP contribution < -0.4 is 19.7 Å². The van der Waals surface area contributed by atoms with E-state index >= 15 is 0 Å². The summed E-state index contributed by atoms with van der Waals surface area (Å²) in [5.74, 6) is -0.751. The molecular weight excluding hydrogens is 642 g/mol. The summed E-state index contributed by atoms with van der Waals surface area (Å²) in [7, 11) is 1.47. The van der Waals surface area contributed by atoms with E-state index in [2.05, 4.69) is 27.9 Å². The van der Waals surface area contributed by atoms with Gasteiger partial charge in [-0.2, -0.15) is 0 Å². The van der Waals surface area contributed by atoms with Crippen molar-refractivity contribution in [3.05, 3.63) is 89.9 Å². The Bertz CT molecular complexity index is 1430. The minimum absolute atomic E-state index is 0.167. The third-order valence-electron chi connectivity index (χ3n) is 5.12. The maximum absolute atomic E-state index is 13.1. The monoisotopic (exact) mass is 656 g/mol. The van der Waals surface area contributed by atoms with E-state index in [1.807, 2.05) is 0 Å². The van der Waals surface area contributed by atoms with Crippen LogP contribution in [0.5, 0.6) is 11.5 Å². The molecule has 36 heavy (non-hydrogen) atoms. The number of methoxy groups -OCH3 is 1. The van der Waals surface area contributed by atoms with E-state index in [1.54, 1.807) is 48.5 Å². The van der Waals surface area contributed by atoms with Crippen molar-refractivity contribution in [3.8, 4) is 11.5 Å². The Kier molecular flexibility index (Phi) is 8.09. The van der Waals surface area contributed by atoms with Crippen molar-refractivity contribution in [2.75, 3.05) is 12.0 Å². The zero-order chi connectivity index (χ0) is 26.0. The number of carbonyl (C=O) groups excluding carboxylic acids is 3. The van der Waals surface area contributed by atoms with Gasteiger partial charge in [-0.3, -0.25) is 14.9 Å². The summed E-state index contributed by atoms with van der Waals surface area (Å²) in [6, 6.07) is 13.8. The van der Waals surface area contributed by atoms with Gasteiger partial charge in [-0.1, -0.05) is 46.9 Å². The first-order chi connectivity index (χ1) is 17.2. The average molecular weight is 658 g/mol. The van der Waals surface area contributed by atoms with Crippen LogP contribution >= 0.6 is 57.4 Å². The van der Waals surface area contributed by atoms with Gasteiger partial charge in [0.25, 0.3) is 11.8 Å². The van der Waals surface area contributed by atoms with E-state index in [1.165, 1.54) is 19.3 Å². The summed E-state index contributed by atoms with van der Waals surface area (Å²) in [5, 5.41) is 3.51. The van der Waals surface area contributed by atoms with Crippen LogP contribution in [-0.2, 0) is 16.2 Å². The highest BCUT2D eigenvalue weighted by molar-refractivity contribution is 14.1. The van der Waals surface area contributed by atoms with E-state index in [-0.39, 0.29) is 17.9 Å². The van der Waals surface area contributed by atoms with Crippen molar-refractivity contribution in [2.45, 2.75) is 6.61 Å². The van der Waals surface area contributed by atoms with Gasteiger partial charge in [-0.15, -0.1) is 0 Å². The van der Waals surface area contributed by atoms with E-state index < -0.39 is 17.8 Å². The van der Waals surface area contributed by atoms with Gasteiger partial charge in [0.2, 0.25) is 0 Å². The molecule has 11 heteroatoms. The lowest BCUT2D eigenvalue weighted by Gasteiger charge is -2.26. The molecule has 0 aromatic heterocycles. The lowest BCUT2D eigenvalue weighted by molar-refractivity contribution is -0.122. The molecule has 4 rings (SSSR count). The van der Waals surface area contributed by atoms with Crippen LogP contribution in [0.4, 0.5) is 10.5 Å². The number of nitrogens with one attached hydrogen (secondary N) is 1. The Morgan fingerprint density at radius 3 is 2.44 bits per heavy atom. The molecule has 4 amide bonds. The number of barbiturate groups is 1. The number of benzene rings is 3. The van der Waals surface area contributed by atoms with Gasteiger partial charge >= 0.3 is 6.03 Å². The molecule has 1 aliphatic heterocycles. The van der Waals surface area contributed by atoms with E-state index in [4.69, 9.17) is 44.3 Å². The van der Waals surface area contributed by atoms with Gasteiger partial charge in [0, 0.05) is 20.6 Å². The Labute approximate surface area is 235 Å². The molecule has 7 nitrogen and oxygen atoms in total. The molecule has 0 radical (unpaired) electrons. The van der Waals surface area contributed by atoms with Crippen molar-refractivity contribution in [1.82, 2.24) is 5.32 Å². The second-order valence-electron chi connectivity index (χ2n) is 7.50. The molecule has 1 fully saturated rings. The molecule has 0 spiro atoms. The van der Waals surface area contributed by atoms with Crippen molar-refractivity contribution < 1.29 is 23.9 Å². The van der Waals surface area contributed by atoms with Crippen LogP contribution in [0, 0.1) is 3.57 Å². The highest BCUT2D eigenvalue weighted by atomic mass is 127. The third-order valence-corrected chi connectivity index (χ3v) is 6.74. The Hall–Kier alpha value is -2.79. The molecule has 0 saturated carbocycles. The average Bonchev–Trinajstić information content (AvgIpc) is 2.81. The molecule has 0 atom stereocenters. The van der Waals surface area contributed by atoms with Crippen molar-refractivity contribution >= 4 is 87.0 Å². The summed E-state index contributed by atoms with van der Waals surface area (Å²) < 4.78 is 12.1. The first-order valence-electron chi connectivity index (χ1n) is 10.3. The summed E-state index contributed by atoms with van der Waals surface area (Å²) in [4.78, 5) is 38.9. The van der Waals surface area contributed by atoms with Crippen molar-refractivity contribution in [3.63, 3.8) is 0 Å². The number of urea groups is 1. The number of imide groups is 2. The summed E-state index contributed by atoms with van der Waals surface area (Å²) in [6.07, 6.45) is 1.38.